The smallest absolute Gasteiger partial charge is 0.262 e. The molecule has 1 heterocycles. The van der Waals surface area contributed by atoms with Gasteiger partial charge in [-0.3, -0.25) is 14.4 Å². The summed E-state index contributed by atoms with van der Waals surface area (Å²) in [5.41, 5.74) is 2.43. The molecule has 0 spiro atoms. The Hall–Kier alpha value is -4.13. The second kappa shape index (κ2) is 9.78. The summed E-state index contributed by atoms with van der Waals surface area (Å²) in [5, 5.41) is 5.57. The summed E-state index contributed by atoms with van der Waals surface area (Å²) in [6.45, 7) is 0.470. The summed E-state index contributed by atoms with van der Waals surface area (Å²) in [7, 11) is 0. The van der Waals surface area contributed by atoms with Gasteiger partial charge in [0.2, 0.25) is 5.91 Å². The van der Waals surface area contributed by atoms with E-state index in [9.17, 15) is 14.4 Å². The van der Waals surface area contributed by atoms with Gasteiger partial charge in [0.25, 0.3) is 11.8 Å². The molecule has 4 rings (SSSR count). The van der Waals surface area contributed by atoms with Crippen LogP contribution in [0.25, 0.3) is 0 Å². The van der Waals surface area contributed by atoms with Crippen LogP contribution >= 0.6 is 0 Å². The Morgan fingerprint density at radius 1 is 0.844 bits per heavy atom. The van der Waals surface area contributed by atoms with Crippen molar-refractivity contribution in [1.82, 2.24) is 0 Å². The molecular formula is C25H23N3O4. The third kappa shape index (κ3) is 5.13. The molecule has 1 aliphatic heterocycles. The van der Waals surface area contributed by atoms with Crippen molar-refractivity contribution in [2.24, 2.45) is 0 Å². The van der Waals surface area contributed by atoms with E-state index in [4.69, 9.17) is 4.74 Å². The molecule has 7 nitrogen and oxygen atoms in total. The second-order valence-electron chi connectivity index (χ2n) is 7.35. The third-order valence-electron chi connectivity index (χ3n) is 5.06. The van der Waals surface area contributed by atoms with Gasteiger partial charge in [0.15, 0.2) is 6.61 Å². The summed E-state index contributed by atoms with van der Waals surface area (Å²) in [5.74, 6) is -0.239. The third-order valence-corrected chi connectivity index (χ3v) is 5.06. The first-order valence-corrected chi connectivity index (χ1v) is 10.4. The lowest BCUT2D eigenvalue weighted by molar-refractivity contribution is -0.118. The van der Waals surface area contributed by atoms with E-state index in [0.29, 0.717) is 29.1 Å². The van der Waals surface area contributed by atoms with Crippen LogP contribution in [-0.2, 0) is 9.59 Å². The molecule has 0 atom stereocenters. The quantitative estimate of drug-likeness (QED) is 0.592. The largest absolute Gasteiger partial charge is 0.483 e. The summed E-state index contributed by atoms with van der Waals surface area (Å²) in [4.78, 5) is 38.6. The second-order valence-corrected chi connectivity index (χ2v) is 7.35. The maximum Gasteiger partial charge on any atom is 0.262 e. The first-order valence-electron chi connectivity index (χ1n) is 10.4. The zero-order chi connectivity index (χ0) is 22.3. The number of carbonyl (C=O) groups excluding carboxylic acids is 3. The van der Waals surface area contributed by atoms with Crippen molar-refractivity contribution in [2.45, 2.75) is 12.8 Å². The maximum atomic E-state index is 12.6. The van der Waals surface area contributed by atoms with Crippen molar-refractivity contribution in [1.29, 1.82) is 0 Å². The number of hydrogen-bond donors (Lipinski definition) is 2. The van der Waals surface area contributed by atoms with E-state index in [2.05, 4.69) is 10.6 Å². The van der Waals surface area contributed by atoms with Crippen LogP contribution in [0.1, 0.15) is 23.2 Å². The number of para-hydroxylation sites is 2. The number of anilines is 3. The molecule has 32 heavy (non-hydrogen) atoms. The highest BCUT2D eigenvalue weighted by atomic mass is 16.5. The molecule has 162 valence electrons. The molecular weight excluding hydrogens is 406 g/mol. The van der Waals surface area contributed by atoms with Gasteiger partial charge in [-0.05, 0) is 55.0 Å². The number of nitrogens with zero attached hydrogens (tertiary/aromatic N) is 1. The molecule has 3 aromatic rings. The molecule has 7 heteroatoms. The summed E-state index contributed by atoms with van der Waals surface area (Å²) < 4.78 is 5.62. The SMILES string of the molecule is O=C(COc1ccccc1C(=O)Nc1ccccc1)Nc1ccc(N2CCCC2=O)cc1. The van der Waals surface area contributed by atoms with Crippen LogP contribution in [0.5, 0.6) is 5.75 Å². The molecule has 1 saturated heterocycles. The Bertz CT molecular complexity index is 1110. The Morgan fingerprint density at radius 3 is 2.25 bits per heavy atom. The van der Waals surface area contributed by atoms with E-state index in [1.54, 1.807) is 53.4 Å². The topological polar surface area (TPSA) is 87.7 Å². The van der Waals surface area contributed by atoms with E-state index in [0.717, 1.165) is 18.7 Å². The van der Waals surface area contributed by atoms with Gasteiger partial charge in [0.05, 0.1) is 5.56 Å². The normalized spacial score (nSPS) is 13.0. The molecule has 0 radical (unpaired) electrons. The molecule has 3 aromatic carbocycles. The minimum absolute atomic E-state index is 0.116. The van der Waals surface area contributed by atoms with Gasteiger partial charge in [-0.1, -0.05) is 30.3 Å². The molecule has 0 aromatic heterocycles. The van der Waals surface area contributed by atoms with E-state index in [1.165, 1.54) is 0 Å². The van der Waals surface area contributed by atoms with E-state index < -0.39 is 0 Å². The number of rotatable bonds is 7. The lowest BCUT2D eigenvalue weighted by Crippen LogP contribution is -2.24. The van der Waals surface area contributed by atoms with Crippen molar-refractivity contribution < 1.29 is 19.1 Å². The molecule has 1 aliphatic rings. The van der Waals surface area contributed by atoms with Crippen LogP contribution in [0, 0.1) is 0 Å². The molecule has 0 aliphatic carbocycles. The van der Waals surface area contributed by atoms with Crippen LogP contribution in [0.3, 0.4) is 0 Å². The van der Waals surface area contributed by atoms with Gasteiger partial charge in [-0.15, -0.1) is 0 Å². The first kappa shape index (κ1) is 21.1. The first-order chi connectivity index (χ1) is 15.6. The van der Waals surface area contributed by atoms with Crippen LogP contribution in [0.2, 0.25) is 0 Å². The fourth-order valence-electron chi connectivity index (χ4n) is 3.49. The molecule has 3 amide bonds. The summed E-state index contributed by atoms with van der Waals surface area (Å²) in [6.07, 6.45) is 1.43. The van der Waals surface area contributed by atoms with Crippen LogP contribution < -0.4 is 20.3 Å². The van der Waals surface area contributed by atoms with Crippen LogP contribution in [0.4, 0.5) is 17.1 Å². The highest BCUT2D eigenvalue weighted by Gasteiger charge is 2.21. The highest BCUT2D eigenvalue weighted by Crippen LogP contribution is 2.23. The molecule has 0 saturated carbocycles. The fraction of sp³-hybridized carbons (Fsp3) is 0.160. The zero-order valence-electron chi connectivity index (χ0n) is 17.4. The predicted molar refractivity (Wildman–Crippen MR) is 123 cm³/mol. The maximum absolute atomic E-state index is 12.6. The van der Waals surface area contributed by atoms with Crippen molar-refractivity contribution in [2.75, 3.05) is 28.7 Å². The highest BCUT2D eigenvalue weighted by molar-refractivity contribution is 6.06. The van der Waals surface area contributed by atoms with Crippen LogP contribution in [0.15, 0.2) is 78.9 Å². The fourth-order valence-corrected chi connectivity index (χ4v) is 3.49. The van der Waals surface area contributed by atoms with E-state index in [-0.39, 0.29) is 24.3 Å². The Balaban J connectivity index is 1.34. The van der Waals surface area contributed by atoms with Gasteiger partial charge < -0.3 is 20.3 Å². The molecule has 2 N–H and O–H groups in total. The molecule has 0 bridgehead atoms. The van der Waals surface area contributed by atoms with Crippen molar-refractivity contribution in [3.63, 3.8) is 0 Å². The zero-order valence-corrected chi connectivity index (χ0v) is 17.4. The van der Waals surface area contributed by atoms with Gasteiger partial charge >= 0.3 is 0 Å². The Labute approximate surface area is 186 Å². The molecule has 0 unspecified atom stereocenters. The van der Waals surface area contributed by atoms with Crippen LogP contribution in [-0.4, -0.2) is 30.9 Å². The van der Waals surface area contributed by atoms with E-state index in [1.807, 2.05) is 30.3 Å². The van der Waals surface area contributed by atoms with Gasteiger partial charge in [-0.25, -0.2) is 0 Å². The number of hydrogen-bond acceptors (Lipinski definition) is 4. The lowest BCUT2D eigenvalue weighted by atomic mass is 10.2. The average molecular weight is 429 g/mol. The standard InChI is InChI=1S/C25H23N3O4/c29-23(26-19-12-14-20(15-13-19)28-16-6-11-24(28)30)17-32-22-10-5-4-9-21(22)25(31)27-18-7-2-1-3-8-18/h1-5,7-10,12-15H,6,11,16-17H2,(H,26,29)(H,27,31). The minimum Gasteiger partial charge on any atom is -0.483 e. The summed E-state index contributed by atoms with van der Waals surface area (Å²) in [6, 6.07) is 23.0. The number of carbonyl (C=O) groups is 3. The minimum atomic E-state index is -0.353. The van der Waals surface area contributed by atoms with Crippen molar-refractivity contribution in [3.8, 4) is 5.75 Å². The van der Waals surface area contributed by atoms with Gasteiger partial charge in [0, 0.05) is 30.0 Å². The number of benzene rings is 3. The number of nitrogens with one attached hydrogen (secondary N) is 2. The Kier molecular flexibility index (Phi) is 6.46. The number of ether oxygens (including phenoxy) is 1. The Morgan fingerprint density at radius 2 is 1.53 bits per heavy atom. The molecule has 1 fully saturated rings. The van der Waals surface area contributed by atoms with Crippen molar-refractivity contribution in [3.05, 3.63) is 84.4 Å². The lowest BCUT2D eigenvalue weighted by Gasteiger charge is -2.16. The average Bonchev–Trinajstić information content (AvgIpc) is 3.25. The summed E-state index contributed by atoms with van der Waals surface area (Å²) >= 11 is 0. The van der Waals surface area contributed by atoms with Gasteiger partial charge in [0.1, 0.15) is 5.75 Å². The van der Waals surface area contributed by atoms with E-state index >= 15 is 0 Å². The van der Waals surface area contributed by atoms with Crippen molar-refractivity contribution >= 4 is 34.8 Å². The monoisotopic (exact) mass is 429 g/mol. The number of amides is 3. The predicted octanol–water partition coefficient (Wildman–Crippen LogP) is 4.08. The van der Waals surface area contributed by atoms with Gasteiger partial charge in [-0.2, -0.15) is 0 Å².